The minimum Gasteiger partial charge on any atom is -0.481 e. The molecule has 1 saturated heterocycles. The lowest BCUT2D eigenvalue weighted by molar-refractivity contribution is -0.124. The van der Waals surface area contributed by atoms with Gasteiger partial charge in [0.1, 0.15) is 11.7 Å². The number of benzene rings is 1. The second kappa shape index (κ2) is 12.5. The summed E-state index contributed by atoms with van der Waals surface area (Å²) >= 11 is 0. The van der Waals surface area contributed by atoms with Gasteiger partial charge in [0.15, 0.2) is 0 Å². The molecule has 0 saturated carbocycles. The molecule has 0 aliphatic carbocycles. The van der Waals surface area contributed by atoms with Gasteiger partial charge in [-0.05, 0) is 58.6 Å². The molecule has 1 fully saturated rings. The highest BCUT2D eigenvalue weighted by Crippen LogP contribution is 2.38. The van der Waals surface area contributed by atoms with E-state index in [9.17, 15) is 9.59 Å². The van der Waals surface area contributed by atoms with Crippen LogP contribution < -0.4 is 15.4 Å². The molecular formula is C27H38BN3O6. The van der Waals surface area contributed by atoms with Crippen LogP contribution in [0.1, 0.15) is 56.6 Å². The van der Waals surface area contributed by atoms with Gasteiger partial charge in [-0.25, -0.2) is 4.98 Å². The average Bonchev–Trinajstić information content (AvgIpc) is 3.10. The smallest absolute Gasteiger partial charge is 0.481 e. The van der Waals surface area contributed by atoms with Crippen LogP contribution in [0.25, 0.3) is 0 Å². The summed E-state index contributed by atoms with van der Waals surface area (Å²) in [7, 11) is 2.31. The van der Waals surface area contributed by atoms with Crippen molar-refractivity contribution in [2.24, 2.45) is 0 Å². The molecule has 1 aliphatic heterocycles. The number of ether oxygens (including phenoxy) is 2. The van der Waals surface area contributed by atoms with Crippen LogP contribution in [0.5, 0.6) is 5.88 Å². The third-order valence-electron chi connectivity index (χ3n) is 6.87. The van der Waals surface area contributed by atoms with Crippen molar-refractivity contribution in [2.45, 2.75) is 70.1 Å². The monoisotopic (exact) mass is 511 g/mol. The summed E-state index contributed by atoms with van der Waals surface area (Å²) in [6.07, 6.45) is 2.29. The molecule has 10 heteroatoms. The van der Waals surface area contributed by atoms with Crippen molar-refractivity contribution >= 4 is 18.9 Å². The molecule has 3 rings (SSSR count). The van der Waals surface area contributed by atoms with Crippen LogP contribution in [0.15, 0.2) is 48.5 Å². The molecule has 9 nitrogen and oxygen atoms in total. The number of nitrogens with one attached hydrogen (secondary N) is 2. The summed E-state index contributed by atoms with van der Waals surface area (Å²) in [5.41, 5.74) is 0.270. The lowest BCUT2D eigenvalue weighted by atomic mass is 9.75. The van der Waals surface area contributed by atoms with E-state index in [0.717, 1.165) is 12.8 Å². The van der Waals surface area contributed by atoms with E-state index in [4.69, 9.17) is 18.8 Å². The number of carbonyl (C=O) groups is 2. The summed E-state index contributed by atoms with van der Waals surface area (Å²) in [5.74, 6) is -1.02. The van der Waals surface area contributed by atoms with E-state index in [1.807, 2.05) is 45.9 Å². The minimum atomic E-state index is -0.940. The van der Waals surface area contributed by atoms with E-state index in [-0.39, 0.29) is 12.3 Å². The first-order chi connectivity index (χ1) is 17.6. The maximum Gasteiger partial charge on any atom is 0.481 e. The third kappa shape index (κ3) is 7.53. The largest absolute Gasteiger partial charge is 0.481 e. The number of nitrogens with zero attached hydrogens (tertiary/aromatic N) is 1. The van der Waals surface area contributed by atoms with Gasteiger partial charge in [0.05, 0.1) is 30.9 Å². The Morgan fingerprint density at radius 3 is 2.27 bits per heavy atom. The first-order valence-electron chi connectivity index (χ1n) is 12.6. The van der Waals surface area contributed by atoms with Gasteiger partial charge in [0.2, 0.25) is 11.8 Å². The number of aryl methyl sites for hydroxylation is 1. The SMILES string of the molecule is COCC(NC(=O)c1cccc(OC)n1)C(=O)NC(CCCc1ccccc1)B1OC(C)(C)C(C)(C)O1. The lowest BCUT2D eigenvalue weighted by Crippen LogP contribution is -2.56. The Hall–Kier alpha value is -2.95. The Labute approximate surface area is 219 Å². The van der Waals surface area contributed by atoms with Crippen molar-refractivity contribution < 1.29 is 28.4 Å². The lowest BCUT2D eigenvalue weighted by Gasteiger charge is -2.32. The van der Waals surface area contributed by atoms with Crippen LogP contribution in [0.4, 0.5) is 0 Å². The van der Waals surface area contributed by atoms with Crippen LogP contribution in [0.3, 0.4) is 0 Å². The Morgan fingerprint density at radius 2 is 1.65 bits per heavy atom. The van der Waals surface area contributed by atoms with E-state index in [2.05, 4.69) is 27.8 Å². The van der Waals surface area contributed by atoms with Crippen molar-refractivity contribution in [1.29, 1.82) is 0 Å². The van der Waals surface area contributed by atoms with Gasteiger partial charge in [-0.2, -0.15) is 0 Å². The zero-order valence-electron chi connectivity index (χ0n) is 22.6. The second-order valence-corrected chi connectivity index (χ2v) is 10.2. The maximum atomic E-state index is 13.4. The molecular weight excluding hydrogens is 473 g/mol. The molecule has 200 valence electrons. The Kier molecular flexibility index (Phi) is 9.70. The van der Waals surface area contributed by atoms with Gasteiger partial charge in [-0.3, -0.25) is 9.59 Å². The predicted molar refractivity (Wildman–Crippen MR) is 141 cm³/mol. The molecule has 2 amide bonds. The molecule has 2 aromatic rings. The molecule has 1 aromatic heterocycles. The predicted octanol–water partition coefficient (Wildman–Crippen LogP) is 2.97. The topological polar surface area (TPSA) is 108 Å². The molecule has 2 unspecified atom stereocenters. The summed E-state index contributed by atoms with van der Waals surface area (Å²) < 4.78 is 22.9. The average molecular weight is 511 g/mol. The molecule has 0 radical (unpaired) electrons. The van der Waals surface area contributed by atoms with Crippen molar-refractivity contribution in [2.75, 3.05) is 20.8 Å². The first-order valence-corrected chi connectivity index (χ1v) is 12.6. The van der Waals surface area contributed by atoms with Gasteiger partial charge in [0, 0.05) is 13.2 Å². The number of amides is 2. The first kappa shape index (κ1) is 28.6. The van der Waals surface area contributed by atoms with E-state index >= 15 is 0 Å². The fourth-order valence-corrected chi connectivity index (χ4v) is 4.02. The highest BCUT2D eigenvalue weighted by molar-refractivity contribution is 6.48. The second-order valence-electron chi connectivity index (χ2n) is 10.2. The van der Waals surface area contributed by atoms with Crippen LogP contribution in [0, 0.1) is 0 Å². The summed E-state index contributed by atoms with van der Waals surface area (Å²) in [6.45, 7) is 7.90. The summed E-state index contributed by atoms with van der Waals surface area (Å²) in [6, 6.07) is 14.1. The number of hydrogen-bond acceptors (Lipinski definition) is 7. The maximum absolute atomic E-state index is 13.4. The van der Waals surface area contributed by atoms with Gasteiger partial charge in [-0.1, -0.05) is 36.4 Å². The molecule has 37 heavy (non-hydrogen) atoms. The third-order valence-corrected chi connectivity index (χ3v) is 6.87. The minimum absolute atomic E-state index is 0.0123. The number of carbonyl (C=O) groups excluding carboxylic acids is 2. The Morgan fingerprint density at radius 1 is 0.973 bits per heavy atom. The van der Waals surface area contributed by atoms with E-state index in [1.54, 1.807) is 18.2 Å². The fourth-order valence-electron chi connectivity index (χ4n) is 4.02. The summed E-state index contributed by atoms with van der Waals surface area (Å²) in [4.78, 5) is 30.4. The molecule has 0 bridgehead atoms. The zero-order chi connectivity index (χ0) is 27.1. The number of aromatic nitrogens is 1. The fraction of sp³-hybridized carbons (Fsp3) is 0.519. The molecule has 2 N–H and O–H groups in total. The van der Waals surface area contributed by atoms with Crippen LogP contribution >= 0.6 is 0 Å². The van der Waals surface area contributed by atoms with Crippen LogP contribution in [-0.4, -0.2) is 67.9 Å². The standard InChI is InChI=1S/C27H38BN3O6/c1-26(2)27(3,4)37-28(36-26)22(16-10-14-19-12-8-7-9-13-19)31-25(33)21(18-34-5)30-24(32)20-15-11-17-23(29-20)35-6/h7-9,11-13,15,17,21-22H,10,14,16,18H2,1-6H3,(H,30,32)(H,31,33). The van der Waals surface area contributed by atoms with Crippen molar-refractivity contribution in [1.82, 2.24) is 15.6 Å². The quantitative estimate of drug-likeness (QED) is 0.422. The normalized spacial score (nSPS) is 17.6. The van der Waals surface area contributed by atoms with Gasteiger partial charge in [-0.15, -0.1) is 0 Å². The number of pyridine rings is 1. The zero-order valence-corrected chi connectivity index (χ0v) is 22.6. The number of methoxy groups -OCH3 is 2. The molecule has 2 atom stereocenters. The van der Waals surface area contributed by atoms with E-state index in [0.29, 0.717) is 12.3 Å². The Bertz CT molecular complexity index is 1030. The molecule has 2 heterocycles. The number of hydrogen-bond donors (Lipinski definition) is 2. The molecule has 0 spiro atoms. The van der Waals surface area contributed by atoms with Crippen molar-refractivity contribution in [3.8, 4) is 5.88 Å². The van der Waals surface area contributed by atoms with Gasteiger partial charge in [0.25, 0.3) is 5.91 Å². The highest BCUT2D eigenvalue weighted by Gasteiger charge is 2.54. The molecule has 1 aliphatic rings. The van der Waals surface area contributed by atoms with Gasteiger partial charge >= 0.3 is 7.12 Å². The van der Waals surface area contributed by atoms with Crippen molar-refractivity contribution in [3.05, 3.63) is 59.8 Å². The summed E-state index contributed by atoms with van der Waals surface area (Å²) in [5, 5.41) is 5.78. The Balaban J connectivity index is 1.72. The number of rotatable bonds is 12. The van der Waals surface area contributed by atoms with E-state index < -0.39 is 42.1 Å². The van der Waals surface area contributed by atoms with Gasteiger partial charge < -0.3 is 29.4 Å². The van der Waals surface area contributed by atoms with Crippen LogP contribution in [0.2, 0.25) is 0 Å². The van der Waals surface area contributed by atoms with Crippen LogP contribution in [-0.2, 0) is 25.3 Å². The molecule has 1 aromatic carbocycles. The van der Waals surface area contributed by atoms with E-state index in [1.165, 1.54) is 19.8 Å². The highest BCUT2D eigenvalue weighted by atomic mass is 16.7. The van der Waals surface area contributed by atoms with Crippen molar-refractivity contribution in [3.63, 3.8) is 0 Å².